The molecule has 0 heterocycles. The van der Waals surface area contributed by atoms with E-state index in [0.29, 0.717) is 0 Å². The first kappa shape index (κ1) is 41.3. The van der Waals surface area contributed by atoms with Crippen molar-refractivity contribution in [2.75, 3.05) is 0 Å². The predicted octanol–water partition coefficient (Wildman–Crippen LogP) is 14.7. The van der Waals surface area contributed by atoms with Crippen LogP contribution >= 0.6 is 0 Å². The lowest BCUT2D eigenvalue weighted by atomic mass is 9.80. The zero-order valence-electron chi connectivity index (χ0n) is 36.1. The number of terminal acetylenes is 1. The third kappa shape index (κ3) is 7.58. The van der Waals surface area contributed by atoms with Crippen LogP contribution in [0.3, 0.4) is 0 Å². The first-order chi connectivity index (χ1) is 29.4. The van der Waals surface area contributed by atoms with E-state index in [2.05, 4.69) is 229 Å². The monoisotopic (exact) mass is 774 g/mol. The van der Waals surface area contributed by atoms with Crippen molar-refractivity contribution in [1.82, 2.24) is 0 Å². The average Bonchev–Trinajstić information content (AvgIpc) is 3.38. The van der Waals surface area contributed by atoms with E-state index in [1.165, 1.54) is 98.8 Å². The third-order valence-corrected chi connectivity index (χ3v) is 12.0. The molecular formula is C60H54. The normalized spacial score (nSPS) is 14.3. The second kappa shape index (κ2) is 17.9. The molecule has 0 aromatic heterocycles. The number of rotatable bonds is 6. The first-order valence-corrected chi connectivity index (χ1v) is 21.2. The minimum absolute atomic E-state index is 0.0874. The van der Waals surface area contributed by atoms with Crippen LogP contribution in [0.2, 0.25) is 0 Å². The molecular weight excluding hydrogens is 721 g/mol. The smallest absolute Gasteiger partial charge is 0.0159 e. The van der Waals surface area contributed by atoms with Gasteiger partial charge in [0.05, 0.1) is 0 Å². The summed E-state index contributed by atoms with van der Waals surface area (Å²) in [6.07, 6.45) is 24.2. The minimum atomic E-state index is -0.0874. The molecule has 0 nitrogen and oxygen atoms in total. The second-order valence-corrected chi connectivity index (χ2v) is 15.7. The number of fused-ring (bicyclic) bond motifs is 5. The fraction of sp³-hybridized carbons (Fsp3) is 0.150. The fourth-order valence-electron chi connectivity index (χ4n) is 9.07. The highest BCUT2D eigenvalue weighted by atomic mass is 14.4. The maximum Gasteiger partial charge on any atom is 0.0159 e. The van der Waals surface area contributed by atoms with Crippen molar-refractivity contribution in [3.8, 4) is 46.2 Å². The van der Waals surface area contributed by atoms with Crippen molar-refractivity contribution in [2.45, 2.75) is 60.3 Å². The van der Waals surface area contributed by atoms with E-state index in [0.717, 1.165) is 12.0 Å². The van der Waals surface area contributed by atoms with Crippen molar-refractivity contribution in [2.24, 2.45) is 0 Å². The van der Waals surface area contributed by atoms with Gasteiger partial charge in [-0.1, -0.05) is 173 Å². The summed E-state index contributed by atoms with van der Waals surface area (Å²) in [6, 6.07) is 50.1. The maximum atomic E-state index is 4.00. The fourth-order valence-corrected chi connectivity index (χ4v) is 9.07. The van der Waals surface area contributed by atoms with Gasteiger partial charge in [-0.2, -0.15) is 0 Å². The van der Waals surface area contributed by atoms with Crippen molar-refractivity contribution < 1.29 is 0 Å². The Morgan fingerprint density at radius 1 is 0.583 bits per heavy atom. The van der Waals surface area contributed by atoms with E-state index in [1.807, 2.05) is 13.8 Å². The number of benzene rings is 7. The molecule has 2 aliphatic rings. The summed E-state index contributed by atoms with van der Waals surface area (Å²) >= 11 is 0. The zero-order chi connectivity index (χ0) is 42.4. The van der Waals surface area contributed by atoms with Gasteiger partial charge in [-0.05, 0) is 162 Å². The largest absolute Gasteiger partial charge is 0.124 e. The van der Waals surface area contributed by atoms with E-state index < -0.39 is 0 Å². The van der Waals surface area contributed by atoms with E-state index in [1.54, 1.807) is 0 Å². The van der Waals surface area contributed by atoms with Gasteiger partial charge in [0, 0.05) is 5.41 Å². The minimum Gasteiger partial charge on any atom is -0.124 e. The van der Waals surface area contributed by atoms with Crippen LogP contribution < -0.4 is 10.4 Å². The van der Waals surface area contributed by atoms with Crippen molar-refractivity contribution >= 4 is 39.3 Å². The SMILES string of the molecule is C#C.C/C=C\C1=C(C)C=C=CC(c2ccc3c(-c4ccc5c(c4)C(C)(C)c4ccccc4-5)c4ccccc4c(-c4cccc(C/C=c5/cccc/c5=C/C)c4)c3c2)=C1.CC. The molecule has 0 atom stereocenters. The molecule has 60 heavy (non-hydrogen) atoms. The highest BCUT2D eigenvalue weighted by molar-refractivity contribution is 6.22. The predicted molar refractivity (Wildman–Crippen MR) is 263 cm³/mol. The van der Waals surface area contributed by atoms with E-state index in [9.17, 15) is 0 Å². The molecule has 0 saturated heterocycles. The van der Waals surface area contributed by atoms with Gasteiger partial charge < -0.3 is 0 Å². The first-order valence-electron chi connectivity index (χ1n) is 21.2. The molecule has 0 N–H and O–H groups in total. The molecule has 0 heteroatoms. The molecule has 9 rings (SSSR count). The van der Waals surface area contributed by atoms with Gasteiger partial charge in [-0.3, -0.25) is 0 Å². The van der Waals surface area contributed by atoms with Crippen LogP contribution in [0.4, 0.5) is 0 Å². The van der Waals surface area contributed by atoms with E-state index >= 15 is 0 Å². The molecule has 2 aliphatic carbocycles. The quantitative estimate of drug-likeness (QED) is 0.0897. The van der Waals surface area contributed by atoms with Gasteiger partial charge in [0.2, 0.25) is 0 Å². The Kier molecular flexibility index (Phi) is 12.3. The molecule has 0 unspecified atom stereocenters. The van der Waals surface area contributed by atoms with Gasteiger partial charge in [0.25, 0.3) is 0 Å². The Balaban J connectivity index is 0.00000132. The highest BCUT2D eigenvalue weighted by Crippen LogP contribution is 2.51. The number of allylic oxidation sites excluding steroid dienone is 7. The topological polar surface area (TPSA) is 0 Å². The van der Waals surface area contributed by atoms with Crippen LogP contribution in [0.25, 0.3) is 72.7 Å². The summed E-state index contributed by atoms with van der Waals surface area (Å²) in [5.74, 6) is 0. The Labute approximate surface area is 357 Å². The summed E-state index contributed by atoms with van der Waals surface area (Å²) < 4.78 is 0. The molecule has 294 valence electrons. The summed E-state index contributed by atoms with van der Waals surface area (Å²) in [7, 11) is 0. The highest BCUT2D eigenvalue weighted by Gasteiger charge is 2.35. The molecule has 7 aromatic carbocycles. The molecule has 0 bridgehead atoms. The van der Waals surface area contributed by atoms with Crippen molar-refractivity contribution in [1.29, 1.82) is 0 Å². The Morgan fingerprint density at radius 2 is 1.22 bits per heavy atom. The van der Waals surface area contributed by atoms with Crippen LogP contribution in [-0.4, -0.2) is 0 Å². The van der Waals surface area contributed by atoms with Gasteiger partial charge in [-0.25, -0.2) is 0 Å². The molecule has 0 fully saturated rings. The van der Waals surface area contributed by atoms with Gasteiger partial charge in [0.15, 0.2) is 0 Å². The molecule has 0 spiro atoms. The third-order valence-electron chi connectivity index (χ3n) is 12.0. The van der Waals surface area contributed by atoms with Crippen LogP contribution in [0.15, 0.2) is 181 Å². The van der Waals surface area contributed by atoms with Crippen LogP contribution in [-0.2, 0) is 11.8 Å². The van der Waals surface area contributed by atoms with Gasteiger partial charge in [0.1, 0.15) is 0 Å². The molecule has 0 aliphatic heterocycles. The summed E-state index contributed by atoms with van der Waals surface area (Å²) in [5.41, 5.74) is 19.9. The maximum absolute atomic E-state index is 4.00. The van der Waals surface area contributed by atoms with Crippen LogP contribution in [0.5, 0.6) is 0 Å². The van der Waals surface area contributed by atoms with Crippen LogP contribution in [0.1, 0.15) is 70.7 Å². The Hall–Kier alpha value is -6.90. The molecule has 0 radical (unpaired) electrons. The number of hydrogen-bond donors (Lipinski definition) is 0. The Morgan fingerprint density at radius 3 is 1.97 bits per heavy atom. The standard InChI is InChI=1S/C56H46.C2H6.C2H2/c1-6-16-41-34-42(21-14-17-37(41)3)43-29-32-50-51(35-43)55(44-22-15-18-38(33-44)27-28-40-20-9-8-19-39(40)7-2)49-25-11-10-24-48(49)54(50)45-30-31-47-46-23-12-13-26-52(46)56(4,5)53(47)36-45;2*1-2/h6-13,15-26,28-36H,27H2,1-5H3;1-2H3;1-2H/b16-6-,39-7-,40-28-;;. The van der Waals surface area contributed by atoms with E-state index in [4.69, 9.17) is 0 Å². The van der Waals surface area contributed by atoms with Gasteiger partial charge >= 0.3 is 0 Å². The molecule has 7 aromatic rings. The number of hydrogen-bond acceptors (Lipinski definition) is 0. The lowest BCUT2D eigenvalue weighted by molar-refractivity contribution is 0.660. The van der Waals surface area contributed by atoms with Crippen LogP contribution in [0, 0.1) is 12.8 Å². The lowest BCUT2D eigenvalue weighted by Crippen LogP contribution is -2.23. The lowest BCUT2D eigenvalue weighted by Gasteiger charge is -2.23. The zero-order valence-corrected chi connectivity index (χ0v) is 36.1. The van der Waals surface area contributed by atoms with E-state index in [-0.39, 0.29) is 5.41 Å². The summed E-state index contributed by atoms with van der Waals surface area (Å²) in [5, 5.41) is 7.58. The average molecular weight is 775 g/mol. The summed E-state index contributed by atoms with van der Waals surface area (Å²) in [4.78, 5) is 0. The molecule has 0 saturated carbocycles. The molecule has 0 amide bonds. The summed E-state index contributed by atoms with van der Waals surface area (Å²) in [6.45, 7) is 15.1. The Bertz CT molecular complexity index is 3070. The second-order valence-electron chi connectivity index (χ2n) is 15.7. The van der Waals surface area contributed by atoms with Gasteiger partial charge in [-0.15, -0.1) is 18.6 Å². The van der Waals surface area contributed by atoms with Crippen molar-refractivity contribution in [3.63, 3.8) is 0 Å². The van der Waals surface area contributed by atoms with Crippen molar-refractivity contribution in [3.05, 3.63) is 213 Å².